The predicted molar refractivity (Wildman–Crippen MR) is 135 cm³/mol. The van der Waals surface area contributed by atoms with Crippen molar-refractivity contribution in [2.24, 2.45) is 10.2 Å². The molecule has 2 rings (SSSR count). The zero-order valence-electron chi connectivity index (χ0n) is 20.3. The van der Waals surface area contributed by atoms with Gasteiger partial charge >= 0.3 is 0 Å². The van der Waals surface area contributed by atoms with E-state index in [4.69, 9.17) is 42.1 Å². The Morgan fingerprint density at radius 3 is 1.94 bits per heavy atom. The topological polar surface area (TPSA) is 108 Å². The number of carbonyl (C=O) groups excluding carboxylic acids is 2. The molecule has 1 atom stereocenters. The van der Waals surface area contributed by atoms with Crippen LogP contribution < -0.4 is 24.3 Å². The Labute approximate surface area is 214 Å². The molecule has 190 valence electrons. The van der Waals surface area contributed by atoms with Crippen LogP contribution in [0.1, 0.15) is 34.6 Å². The van der Waals surface area contributed by atoms with Crippen molar-refractivity contribution >= 4 is 46.3 Å². The van der Waals surface area contributed by atoms with E-state index in [1.54, 1.807) is 52.0 Å². The van der Waals surface area contributed by atoms with Crippen molar-refractivity contribution in [2.45, 2.75) is 40.7 Å². The first kappa shape index (κ1) is 28.2. The summed E-state index contributed by atoms with van der Waals surface area (Å²) in [6.45, 7) is 9.85. The molecule has 0 aromatic heterocycles. The number of ketones is 1. The van der Waals surface area contributed by atoms with Crippen molar-refractivity contribution in [3.63, 3.8) is 0 Å². The molecule has 0 radical (unpaired) electrons. The van der Waals surface area contributed by atoms with Crippen LogP contribution >= 0.6 is 23.2 Å². The number of anilines is 1. The number of azo groups is 1. The first-order chi connectivity index (χ1) is 16.8. The average molecular weight is 526 g/mol. The highest BCUT2D eigenvalue weighted by atomic mass is 35.5. The van der Waals surface area contributed by atoms with E-state index in [9.17, 15) is 9.59 Å². The van der Waals surface area contributed by atoms with E-state index in [0.29, 0.717) is 54.4 Å². The molecule has 0 aliphatic rings. The molecule has 0 bridgehead atoms. The molecule has 9 nitrogen and oxygen atoms in total. The minimum absolute atomic E-state index is 0.266. The van der Waals surface area contributed by atoms with Crippen LogP contribution in [0.2, 0.25) is 10.0 Å². The molecule has 1 N–H and O–H groups in total. The van der Waals surface area contributed by atoms with Gasteiger partial charge in [0.05, 0.1) is 31.5 Å². The maximum atomic E-state index is 13.0. The Morgan fingerprint density at radius 1 is 0.886 bits per heavy atom. The highest BCUT2D eigenvalue weighted by molar-refractivity contribution is 6.33. The Hall–Kier alpha value is -3.04. The molecule has 0 heterocycles. The van der Waals surface area contributed by atoms with Gasteiger partial charge in [0.25, 0.3) is 5.91 Å². The van der Waals surface area contributed by atoms with Crippen LogP contribution in [0.5, 0.6) is 23.0 Å². The van der Waals surface area contributed by atoms with Gasteiger partial charge in [-0.25, -0.2) is 0 Å². The number of benzene rings is 2. The fourth-order valence-electron chi connectivity index (χ4n) is 2.98. The van der Waals surface area contributed by atoms with Gasteiger partial charge in [-0.05, 0) is 46.8 Å². The standard InChI is InChI=1S/C24H29Cl2N3O6/c1-6-32-18-12-15(13-19(20(18)26)33-7-2)27-24(31)21(14(5)30)29-28-17-11-10-16(25)22(34-8-3)23(17)35-9-4/h10-13,21H,6-9H2,1-5H3,(H,27,31). The van der Waals surface area contributed by atoms with E-state index in [1.807, 2.05) is 0 Å². The second kappa shape index (κ2) is 13.7. The van der Waals surface area contributed by atoms with Gasteiger partial charge in [0.1, 0.15) is 22.2 Å². The van der Waals surface area contributed by atoms with Crippen LogP contribution in [-0.4, -0.2) is 44.2 Å². The van der Waals surface area contributed by atoms with E-state index in [-0.39, 0.29) is 16.5 Å². The predicted octanol–water partition coefficient (Wildman–Crippen LogP) is 6.27. The van der Waals surface area contributed by atoms with Gasteiger partial charge in [-0.1, -0.05) is 23.2 Å². The van der Waals surface area contributed by atoms with Crippen LogP contribution in [0.4, 0.5) is 11.4 Å². The Bertz CT molecular complexity index is 1050. The van der Waals surface area contributed by atoms with Crippen LogP contribution in [0.15, 0.2) is 34.5 Å². The van der Waals surface area contributed by atoms with Crippen molar-refractivity contribution in [3.05, 3.63) is 34.3 Å². The number of nitrogens with one attached hydrogen (secondary N) is 1. The quantitative estimate of drug-likeness (QED) is 0.244. The summed E-state index contributed by atoms with van der Waals surface area (Å²) in [6.07, 6.45) is 0. The maximum absolute atomic E-state index is 13.0. The van der Waals surface area contributed by atoms with Crippen LogP contribution in [-0.2, 0) is 9.59 Å². The van der Waals surface area contributed by atoms with E-state index in [1.165, 1.54) is 6.92 Å². The third kappa shape index (κ3) is 7.47. The third-order valence-corrected chi connectivity index (χ3v) is 5.08. The molecule has 1 amide bonds. The molecule has 2 aromatic carbocycles. The molecular weight excluding hydrogens is 497 g/mol. The lowest BCUT2D eigenvalue weighted by Gasteiger charge is -2.16. The van der Waals surface area contributed by atoms with Gasteiger partial charge in [-0.3, -0.25) is 9.59 Å². The zero-order chi connectivity index (χ0) is 26.0. The third-order valence-electron chi connectivity index (χ3n) is 4.41. The summed E-state index contributed by atoms with van der Waals surface area (Å²) >= 11 is 12.5. The van der Waals surface area contributed by atoms with E-state index in [0.717, 1.165) is 0 Å². The highest BCUT2D eigenvalue weighted by Gasteiger charge is 2.25. The van der Waals surface area contributed by atoms with Gasteiger partial charge in [0, 0.05) is 17.8 Å². The summed E-state index contributed by atoms with van der Waals surface area (Å²) in [6, 6.07) is 4.81. The summed E-state index contributed by atoms with van der Waals surface area (Å²) in [4.78, 5) is 25.2. The Kier molecular flexibility index (Phi) is 11.1. The van der Waals surface area contributed by atoms with E-state index in [2.05, 4.69) is 15.5 Å². The SMILES string of the molecule is CCOc1cc(NC(=O)C(N=Nc2ccc(Cl)c(OCC)c2OCC)C(C)=O)cc(OCC)c1Cl. The molecule has 35 heavy (non-hydrogen) atoms. The van der Waals surface area contributed by atoms with Crippen molar-refractivity contribution in [3.8, 4) is 23.0 Å². The van der Waals surface area contributed by atoms with Crippen molar-refractivity contribution in [1.82, 2.24) is 0 Å². The largest absolute Gasteiger partial charge is 0.492 e. The second-order valence-electron chi connectivity index (χ2n) is 6.96. The molecule has 0 saturated carbocycles. The first-order valence-corrected chi connectivity index (χ1v) is 11.9. The van der Waals surface area contributed by atoms with Crippen LogP contribution in [0.3, 0.4) is 0 Å². The number of ether oxygens (including phenoxy) is 4. The van der Waals surface area contributed by atoms with Crippen molar-refractivity contribution in [1.29, 1.82) is 0 Å². The summed E-state index contributed by atoms with van der Waals surface area (Å²) < 4.78 is 22.3. The van der Waals surface area contributed by atoms with E-state index >= 15 is 0 Å². The van der Waals surface area contributed by atoms with Gasteiger partial charge in [-0.15, -0.1) is 0 Å². The molecule has 0 fully saturated rings. The van der Waals surface area contributed by atoms with Gasteiger partial charge in [0.15, 0.2) is 17.3 Å². The number of Topliss-reactive ketones (excluding diaryl/α,β-unsaturated/α-hetero) is 1. The normalized spacial score (nSPS) is 11.7. The lowest BCUT2D eigenvalue weighted by molar-refractivity contribution is -0.126. The smallest absolute Gasteiger partial charge is 0.258 e. The average Bonchev–Trinajstić information content (AvgIpc) is 2.80. The number of amides is 1. The number of hydrogen-bond acceptors (Lipinski definition) is 8. The molecule has 2 aromatic rings. The maximum Gasteiger partial charge on any atom is 0.258 e. The molecule has 0 aliphatic carbocycles. The van der Waals surface area contributed by atoms with Crippen molar-refractivity contribution in [2.75, 3.05) is 31.7 Å². The first-order valence-electron chi connectivity index (χ1n) is 11.2. The summed E-state index contributed by atoms with van der Waals surface area (Å²) in [5, 5.41) is 11.4. The number of nitrogens with zero attached hydrogens (tertiary/aromatic N) is 2. The minimum Gasteiger partial charge on any atom is -0.492 e. The fourth-order valence-corrected chi connectivity index (χ4v) is 3.41. The molecule has 1 unspecified atom stereocenters. The summed E-state index contributed by atoms with van der Waals surface area (Å²) in [7, 11) is 0. The Balaban J connectivity index is 2.37. The molecule has 0 aliphatic heterocycles. The van der Waals surface area contributed by atoms with Gasteiger partial charge in [0.2, 0.25) is 6.04 Å². The number of hydrogen-bond donors (Lipinski definition) is 1. The van der Waals surface area contributed by atoms with Gasteiger partial charge < -0.3 is 24.3 Å². The summed E-state index contributed by atoms with van der Waals surface area (Å²) in [5.41, 5.74) is 0.593. The van der Waals surface area contributed by atoms with Crippen LogP contribution in [0, 0.1) is 0 Å². The minimum atomic E-state index is -1.42. The molecule has 0 spiro atoms. The zero-order valence-corrected chi connectivity index (χ0v) is 21.8. The summed E-state index contributed by atoms with van der Waals surface area (Å²) in [5.74, 6) is 0.0560. The molecule has 0 saturated heterocycles. The van der Waals surface area contributed by atoms with Gasteiger partial charge in [-0.2, -0.15) is 10.2 Å². The number of rotatable bonds is 13. The van der Waals surface area contributed by atoms with Crippen LogP contribution in [0.25, 0.3) is 0 Å². The Morgan fingerprint density at radius 2 is 1.43 bits per heavy atom. The monoisotopic (exact) mass is 525 g/mol. The second-order valence-corrected chi connectivity index (χ2v) is 7.75. The molecular formula is C24H29Cl2N3O6. The highest BCUT2D eigenvalue weighted by Crippen LogP contribution is 2.43. The lowest BCUT2D eigenvalue weighted by Crippen LogP contribution is -2.31. The fraction of sp³-hybridized carbons (Fsp3) is 0.417. The lowest BCUT2D eigenvalue weighted by atomic mass is 10.2. The van der Waals surface area contributed by atoms with Crippen molar-refractivity contribution < 1.29 is 28.5 Å². The number of carbonyl (C=O) groups is 2. The van der Waals surface area contributed by atoms with E-state index < -0.39 is 17.7 Å². The molecule has 11 heteroatoms. The number of halogens is 2.